The summed E-state index contributed by atoms with van der Waals surface area (Å²) in [6.07, 6.45) is -0.674. The Morgan fingerprint density at radius 3 is 2.84 bits per heavy atom. The number of aromatic nitrogens is 2. The SMILES string of the molecule is CCc1c2c(nc3ccc(O)cc13)-c1cc3c(c(=O)n1C2)COC(=O)C3OC(=O)C(C)N. The van der Waals surface area contributed by atoms with Crippen molar-refractivity contribution in [2.75, 3.05) is 0 Å². The number of aromatic hydroxyl groups is 1. The van der Waals surface area contributed by atoms with Gasteiger partial charge in [0.2, 0.25) is 6.10 Å². The first-order valence-electron chi connectivity index (χ1n) is 10.3. The molecule has 0 saturated carbocycles. The molecule has 2 aromatic heterocycles. The van der Waals surface area contributed by atoms with E-state index in [1.54, 1.807) is 28.8 Å². The molecule has 2 aliphatic heterocycles. The molecule has 0 saturated heterocycles. The molecule has 9 heteroatoms. The summed E-state index contributed by atoms with van der Waals surface area (Å²) in [5.41, 5.74) is 9.58. The maximum absolute atomic E-state index is 13.3. The first kappa shape index (κ1) is 20.2. The summed E-state index contributed by atoms with van der Waals surface area (Å²) in [6.45, 7) is 3.58. The van der Waals surface area contributed by atoms with E-state index in [9.17, 15) is 19.5 Å². The monoisotopic (exact) mass is 435 g/mol. The first-order valence-corrected chi connectivity index (χ1v) is 10.3. The molecule has 2 unspecified atom stereocenters. The number of hydrogen-bond acceptors (Lipinski definition) is 8. The second kappa shape index (κ2) is 7.16. The molecule has 164 valence electrons. The van der Waals surface area contributed by atoms with E-state index in [-0.39, 0.29) is 23.5 Å². The molecule has 4 heterocycles. The topological polar surface area (TPSA) is 134 Å². The second-order valence-electron chi connectivity index (χ2n) is 8.04. The molecule has 1 aromatic carbocycles. The molecule has 0 bridgehead atoms. The second-order valence-corrected chi connectivity index (χ2v) is 8.04. The molecule has 0 aliphatic carbocycles. The van der Waals surface area contributed by atoms with Gasteiger partial charge in [0.05, 0.1) is 29.0 Å². The van der Waals surface area contributed by atoms with Gasteiger partial charge in [-0.1, -0.05) is 6.92 Å². The van der Waals surface area contributed by atoms with Gasteiger partial charge in [0.25, 0.3) is 5.56 Å². The van der Waals surface area contributed by atoms with Crippen LogP contribution >= 0.6 is 0 Å². The number of pyridine rings is 2. The summed E-state index contributed by atoms with van der Waals surface area (Å²) in [5, 5.41) is 10.8. The smallest absolute Gasteiger partial charge is 0.352 e. The van der Waals surface area contributed by atoms with Crippen LogP contribution in [-0.4, -0.2) is 32.6 Å². The van der Waals surface area contributed by atoms with E-state index in [1.165, 1.54) is 6.92 Å². The number of carbonyl (C=O) groups excluding carboxylic acids is 2. The number of rotatable bonds is 3. The number of carbonyl (C=O) groups is 2. The van der Waals surface area contributed by atoms with E-state index in [4.69, 9.17) is 20.2 Å². The molecule has 0 fully saturated rings. The van der Waals surface area contributed by atoms with E-state index >= 15 is 0 Å². The van der Waals surface area contributed by atoms with Gasteiger partial charge in [-0.15, -0.1) is 0 Å². The minimum atomic E-state index is -1.36. The maximum atomic E-state index is 13.3. The highest BCUT2D eigenvalue weighted by atomic mass is 16.6. The van der Waals surface area contributed by atoms with Crippen LogP contribution in [0.4, 0.5) is 0 Å². The van der Waals surface area contributed by atoms with Crippen LogP contribution in [-0.2, 0) is 38.6 Å². The van der Waals surface area contributed by atoms with Crippen molar-refractivity contribution >= 4 is 22.8 Å². The molecule has 3 aromatic rings. The summed E-state index contributed by atoms with van der Waals surface area (Å²) < 4.78 is 12.0. The normalized spacial score (nSPS) is 17.3. The zero-order valence-corrected chi connectivity index (χ0v) is 17.5. The molecular weight excluding hydrogens is 414 g/mol. The van der Waals surface area contributed by atoms with E-state index < -0.39 is 24.1 Å². The third-order valence-corrected chi connectivity index (χ3v) is 6.00. The van der Waals surface area contributed by atoms with Gasteiger partial charge >= 0.3 is 11.9 Å². The van der Waals surface area contributed by atoms with E-state index in [1.807, 2.05) is 6.92 Å². The number of nitrogens with two attached hydrogens (primary N) is 1. The molecule has 5 rings (SSSR count). The van der Waals surface area contributed by atoms with Crippen LogP contribution in [0.3, 0.4) is 0 Å². The zero-order valence-electron chi connectivity index (χ0n) is 17.5. The summed E-state index contributed by atoms with van der Waals surface area (Å²) in [6, 6.07) is 5.72. The van der Waals surface area contributed by atoms with Crippen LogP contribution in [0.25, 0.3) is 22.3 Å². The summed E-state index contributed by atoms with van der Waals surface area (Å²) in [5.74, 6) is -1.37. The lowest BCUT2D eigenvalue weighted by atomic mass is 9.97. The summed E-state index contributed by atoms with van der Waals surface area (Å²) in [7, 11) is 0. The number of phenols is 1. The van der Waals surface area contributed by atoms with Crippen LogP contribution in [0.15, 0.2) is 29.1 Å². The Hall–Kier alpha value is -3.72. The van der Waals surface area contributed by atoms with Crippen LogP contribution in [0.1, 0.15) is 42.2 Å². The fourth-order valence-electron chi connectivity index (χ4n) is 4.42. The lowest BCUT2D eigenvalue weighted by Gasteiger charge is -2.25. The van der Waals surface area contributed by atoms with Crippen molar-refractivity contribution in [2.24, 2.45) is 5.73 Å². The number of nitrogens with zero attached hydrogens (tertiary/aromatic N) is 2. The van der Waals surface area contributed by atoms with Crippen LogP contribution in [0.2, 0.25) is 0 Å². The van der Waals surface area contributed by atoms with Crippen molar-refractivity contribution in [3.05, 3.63) is 56.9 Å². The lowest BCUT2D eigenvalue weighted by Crippen LogP contribution is -2.37. The van der Waals surface area contributed by atoms with Crippen LogP contribution in [0, 0.1) is 0 Å². The summed E-state index contributed by atoms with van der Waals surface area (Å²) >= 11 is 0. The van der Waals surface area contributed by atoms with Gasteiger partial charge in [-0.2, -0.15) is 0 Å². The van der Waals surface area contributed by atoms with Crippen molar-refractivity contribution < 1.29 is 24.2 Å². The van der Waals surface area contributed by atoms with Crippen molar-refractivity contribution in [3.63, 3.8) is 0 Å². The highest BCUT2D eigenvalue weighted by Gasteiger charge is 2.38. The Balaban J connectivity index is 1.73. The third kappa shape index (κ3) is 2.89. The van der Waals surface area contributed by atoms with E-state index in [2.05, 4.69) is 0 Å². The molecule has 9 nitrogen and oxygen atoms in total. The Labute approximate surface area is 182 Å². The molecule has 2 atom stereocenters. The number of phenolic OH excluding ortho intramolecular Hbond substituents is 1. The number of esters is 2. The van der Waals surface area contributed by atoms with Crippen LogP contribution in [0.5, 0.6) is 5.75 Å². The fraction of sp³-hybridized carbons (Fsp3) is 0.304. The Morgan fingerprint density at radius 1 is 1.34 bits per heavy atom. The Bertz CT molecular complexity index is 1370. The van der Waals surface area contributed by atoms with Gasteiger partial charge in [-0.25, -0.2) is 9.78 Å². The van der Waals surface area contributed by atoms with Gasteiger partial charge in [-0.05, 0) is 43.2 Å². The minimum Gasteiger partial charge on any atom is -0.508 e. The molecule has 0 radical (unpaired) electrons. The molecule has 0 amide bonds. The lowest BCUT2D eigenvalue weighted by molar-refractivity contribution is -0.172. The largest absolute Gasteiger partial charge is 0.508 e. The van der Waals surface area contributed by atoms with Crippen LogP contribution < -0.4 is 11.3 Å². The van der Waals surface area contributed by atoms with Gasteiger partial charge in [0.1, 0.15) is 18.4 Å². The fourth-order valence-corrected chi connectivity index (χ4v) is 4.42. The number of fused-ring (bicyclic) bond motifs is 5. The number of ether oxygens (including phenoxy) is 2. The highest BCUT2D eigenvalue weighted by Crippen LogP contribution is 2.39. The molecule has 32 heavy (non-hydrogen) atoms. The molecule has 2 aliphatic rings. The number of cyclic esters (lactones) is 1. The number of aryl methyl sites for hydroxylation is 1. The molecular formula is C23H21N3O6. The zero-order chi connectivity index (χ0) is 22.7. The van der Waals surface area contributed by atoms with Gasteiger partial charge in [0, 0.05) is 16.5 Å². The van der Waals surface area contributed by atoms with Crippen molar-refractivity contribution in [3.8, 4) is 17.1 Å². The van der Waals surface area contributed by atoms with Crippen molar-refractivity contribution in [1.82, 2.24) is 9.55 Å². The molecule has 0 spiro atoms. The predicted molar refractivity (Wildman–Crippen MR) is 114 cm³/mol. The maximum Gasteiger partial charge on any atom is 0.352 e. The van der Waals surface area contributed by atoms with Crippen molar-refractivity contribution in [2.45, 2.75) is 45.6 Å². The highest BCUT2D eigenvalue weighted by molar-refractivity contribution is 5.89. The Kier molecular flexibility index (Phi) is 4.52. The quantitative estimate of drug-likeness (QED) is 0.464. The minimum absolute atomic E-state index is 0.145. The molecule has 3 N–H and O–H groups in total. The standard InChI is InChI=1S/C23H21N3O6/c1-3-12-13-6-11(27)4-5-17(13)25-19-15(12)8-26-18(19)7-14-16(21(26)28)9-31-23(30)20(14)32-22(29)10(2)24/h4-7,10,20,27H,3,8-9,24H2,1-2H3. The number of hydrogen-bond donors (Lipinski definition) is 2. The Morgan fingerprint density at radius 2 is 2.12 bits per heavy atom. The number of benzene rings is 1. The van der Waals surface area contributed by atoms with Crippen molar-refractivity contribution in [1.29, 1.82) is 0 Å². The van der Waals surface area contributed by atoms with Gasteiger partial charge < -0.3 is 24.9 Å². The average Bonchev–Trinajstić information content (AvgIpc) is 3.12. The van der Waals surface area contributed by atoms with Gasteiger partial charge in [0.15, 0.2) is 0 Å². The third-order valence-electron chi connectivity index (χ3n) is 6.00. The van der Waals surface area contributed by atoms with Gasteiger partial charge in [-0.3, -0.25) is 9.59 Å². The summed E-state index contributed by atoms with van der Waals surface area (Å²) in [4.78, 5) is 42.5. The predicted octanol–water partition coefficient (Wildman–Crippen LogP) is 1.68. The van der Waals surface area contributed by atoms with E-state index in [0.717, 1.165) is 16.5 Å². The average molecular weight is 435 g/mol. The first-order chi connectivity index (χ1) is 15.3. The van der Waals surface area contributed by atoms with E-state index in [0.29, 0.717) is 35.4 Å².